The van der Waals surface area contributed by atoms with Crippen molar-refractivity contribution in [1.29, 1.82) is 0 Å². The van der Waals surface area contributed by atoms with E-state index in [1.54, 1.807) is 0 Å². The van der Waals surface area contributed by atoms with Gasteiger partial charge in [0.2, 0.25) is 0 Å². The van der Waals surface area contributed by atoms with Gasteiger partial charge in [0.1, 0.15) is 132 Å². The van der Waals surface area contributed by atoms with Crippen molar-refractivity contribution in [3.05, 3.63) is 93.8 Å². The second-order valence-corrected chi connectivity index (χ2v) is 47.5. The van der Waals surface area contributed by atoms with Gasteiger partial charge in [0.15, 0.2) is 138 Å². The molecule has 9 aromatic rings. The third-order valence-corrected chi connectivity index (χ3v) is 31.5. The highest BCUT2D eigenvalue weighted by molar-refractivity contribution is 8.44. The summed E-state index contributed by atoms with van der Waals surface area (Å²) in [6, 6.07) is 0. The molecular weight excluding hydrogens is 2050 g/mol. The molecule has 0 aliphatic carbocycles. The molecule has 21 rings (SSSR count). The van der Waals surface area contributed by atoms with Gasteiger partial charge >= 0.3 is 40.4 Å². The third-order valence-electron chi connectivity index (χ3n) is 22.1. The van der Waals surface area contributed by atoms with Crippen LogP contribution in [0.25, 0.3) is 50.6 Å². The Balaban J connectivity index is 0.000000130. The van der Waals surface area contributed by atoms with Crippen molar-refractivity contribution in [3.63, 3.8) is 0 Å². The molecule has 726 valence electrons. The zero-order valence-electron chi connectivity index (χ0n) is 67.8. The Morgan fingerprint density at radius 1 is 0.356 bits per heavy atom. The third kappa shape index (κ3) is 18.8. The van der Waals surface area contributed by atoms with Crippen molar-refractivity contribution < 1.29 is 139 Å². The van der Waals surface area contributed by atoms with Crippen LogP contribution in [0.1, 0.15) is 54.4 Å². The average Bonchev–Trinajstić information content (AvgIpc) is 1.61. The Morgan fingerprint density at radius 2 is 0.593 bits per heavy atom. The van der Waals surface area contributed by atoms with E-state index in [-0.39, 0.29) is 92.0 Å². The number of anilines is 3. The van der Waals surface area contributed by atoms with Crippen LogP contribution in [0.5, 0.6) is 0 Å². The fourth-order valence-electron chi connectivity index (χ4n) is 16.0. The number of hydrogen-bond donors (Lipinski definition) is 16. The number of nitrogens with zero attached hydrogens (tertiary/aromatic N) is 21. The Morgan fingerprint density at radius 3 is 0.889 bits per heavy atom. The van der Waals surface area contributed by atoms with Crippen LogP contribution in [0.3, 0.4) is 0 Å². The molecule has 0 amide bonds. The van der Waals surface area contributed by atoms with Crippen molar-refractivity contribution in [2.75, 3.05) is 56.8 Å². The van der Waals surface area contributed by atoms with E-state index < -0.39 is 228 Å². The van der Waals surface area contributed by atoms with E-state index in [0.717, 1.165) is 6.33 Å². The van der Waals surface area contributed by atoms with E-state index in [1.807, 2.05) is 0 Å². The largest absolute Gasteiger partial charge is 0.386 e. The summed E-state index contributed by atoms with van der Waals surface area (Å²) in [6.07, 6.45) is -25.8. The summed E-state index contributed by atoms with van der Waals surface area (Å²) in [4.78, 5) is 116. The number of fused-ring (bicyclic) bond motifs is 12. The molecular formula is C63H73F5N30O25P6S6. The SMILES string of the molecule is C=C1NC(N)=Nc2c1ncn2[C@@H]1O[C@@H]2COP(O)(=S)O[C@H]3[C@@H](F)[C@H](n4cnc5c(N)ncnc54)O[C@@H]3COP(=O)(S)O[C@H]2[C@H]1F.C=C1NC(N)=Nc2c1ncn2[C@@H]1O[C@@H]2COP(O)(=S)O[C@H]3[C@@H](F)[C@H](n4cnc5c(N)ncnc54)O[C@@H]3COP(O)(=S)O[C@H]2[C@H]1F.C=C1NC(N)=Nc2c1ncn2[C@@H]1O[C@@H]2COP(O)(=S)O[C@H]3[C@@H](F)[C@H](n4cnc5c(N)ncnc54)O[C@@H]3COP(O)(=S)O[C@H]2[C@H]1O. The summed E-state index contributed by atoms with van der Waals surface area (Å²) in [5.74, 6) is 0.697. The smallest absolute Gasteiger partial charge is 0.386 e. The molecule has 21 heterocycles. The maximum atomic E-state index is 16.1. The molecule has 9 saturated heterocycles. The van der Waals surface area contributed by atoms with Crippen molar-refractivity contribution >= 4 is 215 Å². The number of nitrogens with two attached hydrogens (primary N) is 6. The number of ether oxygens (including phenoxy) is 6. The summed E-state index contributed by atoms with van der Waals surface area (Å²) >= 11 is 29.9. The van der Waals surface area contributed by atoms with Gasteiger partial charge in [-0.3, -0.25) is 59.1 Å². The Labute approximate surface area is 782 Å². The predicted molar refractivity (Wildman–Crippen MR) is 474 cm³/mol. The van der Waals surface area contributed by atoms with Crippen molar-refractivity contribution in [3.8, 4) is 0 Å². The lowest BCUT2D eigenvalue weighted by molar-refractivity contribution is -0.0593. The second kappa shape index (κ2) is 36.7. The maximum Gasteiger partial charge on any atom is 0.386 e. The van der Waals surface area contributed by atoms with Gasteiger partial charge in [0.25, 0.3) is 0 Å². The van der Waals surface area contributed by atoms with Gasteiger partial charge in [0, 0.05) is 0 Å². The fraction of sp³-hybridized carbons (Fsp3) is 0.476. The number of thiol groups is 1. The van der Waals surface area contributed by atoms with Crippen LogP contribution in [0, 0.1) is 0 Å². The first-order valence-electron chi connectivity index (χ1n) is 39.1. The fourth-order valence-corrected chi connectivity index (χ4v) is 24.7. The minimum Gasteiger partial charge on any atom is -0.386 e. The van der Waals surface area contributed by atoms with Gasteiger partial charge < -0.3 is 131 Å². The van der Waals surface area contributed by atoms with Crippen molar-refractivity contribution in [2.45, 2.75) is 148 Å². The molecule has 0 saturated carbocycles. The van der Waals surface area contributed by atoms with E-state index in [0.29, 0.717) is 28.5 Å². The molecule has 0 aromatic carbocycles. The number of hydrogen-bond acceptors (Lipinski definition) is 49. The molecule has 9 fully saturated rings. The number of aliphatic imine (C=N–C) groups is 3. The van der Waals surface area contributed by atoms with Crippen LogP contribution >= 0.6 is 52.6 Å². The van der Waals surface area contributed by atoms with Crippen LogP contribution in [0.2, 0.25) is 0 Å². The van der Waals surface area contributed by atoms with Gasteiger partial charge in [0.05, 0.1) is 94.7 Å². The molecule has 0 spiro atoms. The summed E-state index contributed by atoms with van der Waals surface area (Å²) in [5, 5.41) is 19.5. The molecule has 0 radical (unpaired) electrons. The Bertz CT molecular complexity index is 6050. The van der Waals surface area contributed by atoms with E-state index >= 15 is 22.0 Å². The second-order valence-electron chi connectivity index (χ2n) is 30.6. The molecule has 9 aromatic heterocycles. The molecule has 0 bridgehead atoms. The van der Waals surface area contributed by atoms with Crippen molar-refractivity contribution in [2.24, 2.45) is 32.2 Å². The number of nitrogen functional groups attached to an aromatic ring is 3. The number of halogens is 5. The molecule has 30 atom stereocenters. The first-order valence-corrected chi connectivity index (χ1v) is 54.8. The van der Waals surface area contributed by atoms with Crippen LogP contribution in [-0.2, 0) is 146 Å². The minimum absolute atomic E-state index is 0.00842. The van der Waals surface area contributed by atoms with E-state index in [2.05, 4.69) is 123 Å². The Hall–Kier alpha value is -7.77. The van der Waals surface area contributed by atoms with Gasteiger partial charge in [-0.1, -0.05) is 32.0 Å². The monoisotopic (exact) mass is 2120 g/mol. The molecule has 12 aliphatic rings. The summed E-state index contributed by atoms with van der Waals surface area (Å²) < 4.78 is 203. The zero-order valence-corrected chi connectivity index (χ0v) is 78.1. The lowest BCUT2D eigenvalue weighted by atomic mass is 10.1. The highest BCUT2D eigenvalue weighted by Crippen LogP contribution is 2.62. The molecule has 12 aliphatic heterocycles. The van der Waals surface area contributed by atoms with Crippen LogP contribution in [-0.4, -0.2) is 285 Å². The average molecular weight is 2120 g/mol. The standard InChI is InChI=1S/2C21H24F2N10O8P2S2.C21H25FN10O9P2S2/c2*1-7-12-18(31-21(25)30-7)33(5-28-12)20-11(23)15-9(39-20)3-37-42(34,44)40-14-8(2-36-43(35,45)41-15)38-19(10(14)22)32-6-29-13-16(24)26-4-27-17(13)32;1-7-11-18(30-21(24)29-7)32(5-27-11)20-13(33)15-9(39-20)3-37-42(34,44)40-14-8(2-36-43(35,45)41-15)38-19(10(14)22)31-6-28-12-16(23)25-4-26-17(12)31/h2*4-6,8-11,14-15,19-20H,1-3H2,(H,34,44)(H,35,45)(H2,24,26,27)(H3,25,30,31);4-6,8-10,13-15,19-20,33H,1-3H2,(H,34,44)(H,35,45)(H2,23,25,26)(H3,24,29,30)/t2*8-,9-,10-,11-,14-,15-,19-,20-,42?,43?;8-,9-,10-,13-,14-,15-,19-,20-,42?,43?/m111/s1. The number of rotatable bonds is 6. The number of alkyl halides is 5. The number of nitrogens with one attached hydrogen (secondary N) is 3. The molecule has 135 heavy (non-hydrogen) atoms. The number of guanidine groups is 3. The van der Waals surface area contributed by atoms with Gasteiger partial charge in [-0.15, -0.1) is 0 Å². The van der Waals surface area contributed by atoms with E-state index in [1.165, 1.54) is 78.0 Å². The number of imidazole rings is 6. The van der Waals surface area contributed by atoms with Gasteiger partial charge in [-0.25, -0.2) is 86.3 Å². The van der Waals surface area contributed by atoms with Gasteiger partial charge in [-0.2, -0.15) is 15.0 Å². The Kier molecular flexibility index (Phi) is 26.1. The lowest BCUT2D eigenvalue weighted by Gasteiger charge is -2.30. The predicted octanol–water partition coefficient (Wildman–Crippen LogP) is 1.49. The summed E-state index contributed by atoms with van der Waals surface area (Å²) in [6.45, 7) is -17.6. The minimum atomic E-state index is -4.39. The van der Waals surface area contributed by atoms with E-state index in [9.17, 15) is 34.1 Å². The highest BCUT2D eigenvalue weighted by Gasteiger charge is 2.59. The molecule has 72 heteroatoms. The number of aliphatic hydroxyl groups is 1. The highest BCUT2D eigenvalue weighted by atomic mass is 32.7. The summed E-state index contributed by atoms with van der Waals surface area (Å²) in [7, 11) is 0. The first-order chi connectivity index (χ1) is 63.9. The molecule has 21 N–H and O–H groups in total. The lowest BCUT2D eigenvalue weighted by Crippen LogP contribution is -2.38. The van der Waals surface area contributed by atoms with E-state index in [4.69, 9.17) is 176 Å². The zero-order chi connectivity index (χ0) is 95.5. The molecule has 55 nitrogen and oxygen atoms in total. The first kappa shape index (κ1) is 96.1. The number of aromatic nitrogens is 18. The molecule has 6 unspecified atom stereocenters. The van der Waals surface area contributed by atoms with Gasteiger partial charge in [-0.05, 0) is 59.0 Å². The van der Waals surface area contributed by atoms with Crippen LogP contribution in [0.15, 0.2) is 91.7 Å². The van der Waals surface area contributed by atoms with Crippen molar-refractivity contribution in [1.82, 2.24) is 103 Å². The summed E-state index contributed by atoms with van der Waals surface area (Å²) in [5.41, 5.74) is 38.0. The quantitative estimate of drug-likeness (QED) is 0.0637. The maximum absolute atomic E-state index is 16.1. The normalized spacial score (nSPS) is 38.8. The topological polar surface area (TPSA) is 718 Å². The van der Waals surface area contributed by atoms with Crippen LogP contribution < -0.4 is 50.4 Å². The number of aliphatic hydroxyl groups excluding tert-OH is 1. The van der Waals surface area contributed by atoms with Crippen LogP contribution in [0.4, 0.5) is 56.9 Å².